The van der Waals surface area contributed by atoms with Crippen LogP contribution in [-0.4, -0.2) is 69.3 Å². The van der Waals surface area contributed by atoms with E-state index in [1.54, 1.807) is 23.3 Å². The Morgan fingerprint density at radius 3 is 2.89 bits per heavy atom. The number of piperidine rings is 1. The van der Waals surface area contributed by atoms with Gasteiger partial charge < -0.3 is 9.64 Å². The molecule has 4 heterocycles. The molecule has 2 fully saturated rings. The number of ether oxygens (including phenoxy) is 1. The summed E-state index contributed by atoms with van der Waals surface area (Å²) in [6.07, 6.45) is 9.28. The van der Waals surface area contributed by atoms with Gasteiger partial charge in [0.2, 0.25) is 0 Å². The second kappa shape index (κ2) is 7.40. The van der Waals surface area contributed by atoms with Crippen LogP contribution in [0.25, 0.3) is 0 Å². The van der Waals surface area contributed by atoms with Crippen LogP contribution in [0.3, 0.4) is 0 Å². The van der Waals surface area contributed by atoms with Crippen LogP contribution in [0.2, 0.25) is 0 Å². The van der Waals surface area contributed by atoms with Crippen molar-refractivity contribution in [2.45, 2.75) is 25.0 Å². The third-order valence-corrected chi connectivity index (χ3v) is 5.91. The van der Waals surface area contributed by atoms with Gasteiger partial charge in [0.25, 0.3) is 5.91 Å². The molecule has 0 N–H and O–H groups in total. The SMILES string of the molecule is CN1CCC(COCc2cccnc2)CC12CN(C(=O)c1cnn(C)c1)C2. The van der Waals surface area contributed by atoms with Gasteiger partial charge in [0, 0.05) is 45.3 Å². The van der Waals surface area contributed by atoms with Crippen LogP contribution in [0.15, 0.2) is 36.9 Å². The van der Waals surface area contributed by atoms with Crippen molar-refractivity contribution in [3.05, 3.63) is 48.0 Å². The van der Waals surface area contributed by atoms with Gasteiger partial charge in [0.1, 0.15) is 0 Å². The van der Waals surface area contributed by atoms with Crippen molar-refractivity contribution >= 4 is 5.91 Å². The largest absolute Gasteiger partial charge is 0.376 e. The quantitative estimate of drug-likeness (QED) is 0.801. The molecular weight excluding hydrogens is 342 g/mol. The molecule has 2 aliphatic heterocycles. The first-order valence-electron chi connectivity index (χ1n) is 9.51. The molecule has 0 aliphatic carbocycles. The van der Waals surface area contributed by atoms with Crippen LogP contribution in [0.4, 0.5) is 0 Å². The smallest absolute Gasteiger partial charge is 0.257 e. The van der Waals surface area contributed by atoms with Gasteiger partial charge in [-0.15, -0.1) is 0 Å². The van der Waals surface area contributed by atoms with Crippen molar-refractivity contribution < 1.29 is 9.53 Å². The highest BCUT2D eigenvalue weighted by molar-refractivity contribution is 5.94. The lowest BCUT2D eigenvalue weighted by Gasteiger charge is -2.58. The Morgan fingerprint density at radius 1 is 1.33 bits per heavy atom. The fraction of sp³-hybridized carbons (Fsp3) is 0.550. The molecule has 0 aromatic carbocycles. The number of carbonyl (C=O) groups is 1. The third kappa shape index (κ3) is 3.75. The van der Waals surface area contributed by atoms with Crippen molar-refractivity contribution in [2.24, 2.45) is 13.0 Å². The maximum Gasteiger partial charge on any atom is 0.257 e. The summed E-state index contributed by atoms with van der Waals surface area (Å²) in [5.41, 5.74) is 1.87. The summed E-state index contributed by atoms with van der Waals surface area (Å²) < 4.78 is 7.62. The topological polar surface area (TPSA) is 63.5 Å². The molecule has 144 valence electrons. The van der Waals surface area contributed by atoms with Crippen LogP contribution in [0.5, 0.6) is 0 Å². The molecule has 7 nitrogen and oxygen atoms in total. The molecule has 0 bridgehead atoms. The van der Waals surface area contributed by atoms with Gasteiger partial charge in [-0.25, -0.2) is 0 Å². The zero-order valence-corrected chi connectivity index (χ0v) is 16.0. The number of amides is 1. The maximum atomic E-state index is 12.6. The predicted octanol–water partition coefficient (Wildman–Crippen LogP) is 1.57. The highest BCUT2D eigenvalue weighted by Crippen LogP contribution is 2.38. The summed E-state index contributed by atoms with van der Waals surface area (Å²) in [6.45, 7) is 4.00. The number of hydrogen-bond acceptors (Lipinski definition) is 5. The van der Waals surface area contributed by atoms with Crippen LogP contribution < -0.4 is 0 Å². The Bertz CT molecular complexity index is 785. The maximum absolute atomic E-state index is 12.6. The number of hydrogen-bond donors (Lipinski definition) is 0. The Balaban J connectivity index is 1.30. The van der Waals surface area contributed by atoms with Crippen molar-refractivity contribution in [1.29, 1.82) is 0 Å². The molecule has 2 aromatic rings. The molecule has 4 rings (SSSR count). The first kappa shape index (κ1) is 18.1. The Morgan fingerprint density at radius 2 is 2.19 bits per heavy atom. The fourth-order valence-electron chi connectivity index (χ4n) is 4.27. The highest BCUT2D eigenvalue weighted by atomic mass is 16.5. The second-order valence-corrected chi connectivity index (χ2v) is 7.95. The molecule has 0 radical (unpaired) electrons. The number of carbonyl (C=O) groups excluding carboxylic acids is 1. The molecular formula is C20H27N5O2. The summed E-state index contributed by atoms with van der Waals surface area (Å²) in [6, 6.07) is 3.97. The monoisotopic (exact) mass is 369 g/mol. The first-order chi connectivity index (χ1) is 13.1. The van der Waals surface area contributed by atoms with E-state index in [9.17, 15) is 4.79 Å². The van der Waals surface area contributed by atoms with E-state index in [4.69, 9.17) is 4.74 Å². The lowest BCUT2D eigenvalue weighted by atomic mass is 9.75. The summed E-state index contributed by atoms with van der Waals surface area (Å²) >= 11 is 0. The van der Waals surface area contributed by atoms with Crippen molar-refractivity contribution in [3.63, 3.8) is 0 Å². The highest BCUT2D eigenvalue weighted by Gasteiger charge is 2.51. The van der Waals surface area contributed by atoms with E-state index >= 15 is 0 Å². The molecule has 27 heavy (non-hydrogen) atoms. The zero-order valence-electron chi connectivity index (χ0n) is 16.0. The molecule has 7 heteroatoms. The van der Waals surface area contributed by atoms with Gasteiger partial charge in [0.05, 0.1) is 23.9 Å². The van der Waals surface area contributed by atoms with E-state index < -0.39 is 0 Å². The van der Waals surface area contributed by atoms with Crippen molar-refractivity contribution in [3.8, 4) is 0 Å². The molecule has 2 saturated heterocycles. The van der Waals surface area contributed by atoms with Gasteiger partial charge in [-0.05, 0) is 44.0 Å². The average molecular weight is 369 g/mol. The molecule has 1 atom stereocenters. The average Bonchev–Trinajstić information content (AvgIpc) is 3.08. The third-order valence-electron chi connectivity index (χ3n) is 5.91. The first-order valence-corrected chi connectivity index (χ1v) is 9.51. The molecule has 1 spiro atoms. The van der Waals surface area contributed by atoms with Gasteiger partial charge in [-0.1, -0.05) is 6.07 Å². The van der Waals surface area contributed by atoms with Gasteiger partial charge in [-0.3, -0.25) is 19.4 Å². The summed E-state index contributed by atoms with van der Waals surface area (Å²) in [4.78, 5) is 21.1. The summed E-state index contributed by atoms with van der Waals surface area (Å²) in [5.74, 6) is 0.616. The lowest BCUT2D eigenvalue weighted by molar-refractivity contribution is -0.0768. The summed E-state index contributed by atoms with van der Waals surface area (Å²) in [5, 5.41) is 4.11. The molecule has 2 aromatic heterocycles. The zero-order chi connectivity index (χ0) is 18.9. The second-order valence-electron chi connectivity index (χ2n) is 7.95. The van der Waals surface area contributed by atoms with E-state index in [-0.39, 0.29) is 11.4 Å². The minimum atomic E-state index is 0.0806. The van der Waals surface area contributed by atoms with Crippen LogP contribution in [0.1, 0.15) is 28.8 Å². The number of pyridine rings is 1. The molecule has 0 saturated carbocycles. The minimum absolute atomic E-state index is 0.0806. The Labute approximate surface area is 159 Å². The van der Waals surface area contributed by atoms with Crippen LogP contribution in [0, 0.1) is 5.92 Å². The van der Waals surface area contributed by atoms with E-state index in [1.165, 1.54) is 0 Å². The number of aryl methyl sites for hydroxylation is 1. The Kier molecular flexibility index (Phi) is 4.97. The number of nitrogens with zero attached hydrogens (tertiary/aromatic N) is 5. The Hall–Kier alpha value is -2.25. The standard InChI is InChI=1S/C20H27N5O2/c1-23-7-5-16(12-27-13-17-4-3-6-21-9-17)8-20(23)14-25(15-20)19(26)18-10-22-24(2)11-18/h3-4,6,9-11,16H,5,7-8,12-15H2,1-2H3. The van der Waals surface area contributed by atoms with Crippen LogP contribution in [-0.2, 0) is 18.4 Å². The fourth-order valence-corrected chi connectivity index (χ4v) is 4.27. The summed E-state index contributed by atoms with van der Waals surface area (Å²) in [7, 11) is 4.01. The number of rotatable bonds is 5. The van der Waals surface area contributed by atoms with Crippen molar-refractivity contribution in [1.82, 2.24) is 24.6 Å². The van der Waals surface area contributed by atoms with E-state index in [0.29, 0.717) is 18.1 Å². The van der Waals surface area contributed by atoms with Crippen LogP contribution >= 0.6 is 0 Å². The predicted molar refractivity (Wildman–Crippen MR) is 101 cm³/mol. The minimum Gasteiger partial charge on any atom is -0.376 e. The number of likely N-dealkylation sites (N-methyl/N-ethyl adjacent to an activating group) is 1. The lowest BCUT2D eigenvalue weighted by Crippen LogP contribution is -2.72. The van der Waals surface area contributed by atoms with Gasteiger partial charge in [0.15, 0.2) is 0 Å². The molecule has 1 unspecified atom stereocenters. The number of likely N-dealkylation sites (tertiary alicyclic amines) is 2. The van der Waals surface area contributed by atoms with E-state index in [0.717, 1.165) is 44.6 Å². The normalized spacial score (nSPS) is 22.0. The molecule has 1 amide bonds. The van der Waals surface area contributed by atoms with E-state index in [1.807, 2.05) is 30.3 Å². The van der Waals surface area contributed by atoms with E-state index in [2.05, 4.69) is 22.0 Å². The number of aromatic nitrogens is 3. The van der Waals surface area contributed by atoms with Gasteiger partial charge >= 0.3 is 0 Å². The van der Waals surface area contributed by atoms with Crippen molar-refractivity contribution in [2.75, 3.05) is 33.3 Å². The molecule has 2 aliphatic rings. The van der Waals surface area contributed by atoms with Gasteiger partial charge in [-0.2, -0.15) is 5.10 Å².